The highest BCUT2D eigenvalue weighted by Gasteiger charge is 2.43. The highest BCUT2D eigenvalue weighted by molar-refractivity contribution is 5.89. The van der Waals surface area contributed by atoms with Crippen molar-refractivity contribution in [1.82, 2.24) is 31.2 Å². The summed E-state index contributed by atoms with van der Waals surface area (Å²) in [5.41, 5.74) is 5.59. The number of hydrogen-bond donors (Lipinski definition) is 3. The Kier molecular flexibility index (Phi) is 5.84. The summed E-state index contributed by atoms with van der Waals surface area (Å²) >= 11 is 0. The first-order chi connectivity index (χ1) is 15.6. The maximum Gasteiger partial charge on any atom is 0.247 e. The number of benzene rings is 1. The number of nitrogens with zero attached hydrogens (tertiary/aromatic N) is 3. The third kappa shape index (κ3) is 4.35. The third-order valence-electron chi connectivity index (χ3n) is 6.21. The van der Waals surface area contributed by atoms with Crippen molar-refractivity contribution < 1.29 is 14.1 Å². The van der Waals surface area contributed by atoms with Gasteiger partial charge >= 0.3 is 0 Å². The molecule has 3 aliphatic rings. The standard InChI is InChI=1S/C23H30N6O3/c1-14(2)31-17-5-3-15(4-6-17)11-21-27-22(28-32-21)18-13-25-29-19(12-20(30)26-23(18)29)16-7-9-24-10-8-16/h3-6,12,14,16,18,23-25H,7-11,13H2,1-2H3,(H,26,30). The molecule has 2 atom stereocenters. The molecule has 9 nitrogen and oxygen atoms in total. The number of piperidine rings is 1. The molecule has 1 aromatic carbocycles. The van der Waals surface area contributed by atoms with Crippen LogP contribution >= 0.6 is 0 Å². The number of hydrazine groups is 1. The van der Waals surface area contributed by atoms with Gasteiger partial charge in [-0.1, -0.05) is 17.3 Å². The van der Waals surface area contributed by atoms with Crippen molar-refractivity contribution in [3.05, 3.63) is 53.3 Å². The third-order valence-corrected chi connectivity index (χ3v) is 6.21. The van der Waals surface area contributed by atoms with Crippen LogP contribution in [0.2, 0.25) is 0 Å². The Balaban J connectivity index is 1.27. The molecule has 4 heterocycles. The zero-order chi connectivity index (χ0) is 22.1. The first-order valence-corrected chi connectivity index (χ1v) is 11.4. The van der Waals surface area contributed by atoms with Crippen molar-refractivity contribution in [3.8, 4) is 5.75 Å². The van der Waals surface area contributed by atoms with Gasteiger partial charge in [-0.15, -0.1) is 0 Å². The molecule has 2 saturated heterocycles. The van der Waals surface area contributed by atoms with Crippen molar-refractivity contribution in [2.24, 2.45) is 5.92 Å². The SMILES string of the molecule is CC(C)Oc1ccc(Cc2nc(C3CNN4C(C5CCNCC5)=CC(=O)NC34)no2)cc1. The van der Waals surface area contributed by atoms with E-state index in [9.17, 15) is 4.79 Å². The molecule has 2 fully saturated rings. The van der Waals surface area contributed by atoms with Crippen molar-refractivity contribution in [1.29, 1.82) is 0 Å². The number of allylic oxidation sites excluding steroid dienone is 1. The van der Waals surface area contributed by atoms with Gasteiger partial charge in [-0.05, 0) is 57.5 Å². The lowest BCUT2D eigenvalue weighted by Gasteiger charge is -2.38. The number of carbonyl (C=O) groups is 1. The molecular weight excluding hydrogens is 408 g/mol. The molecular formula is C23H30N6O3. The number of amides is 1. The number of ether oxygens (including phenoxy) is 1. The summed E-state index contributed by atoms with van der Waals surface area (Å²) < 4.78 is 11.2. The van der Waals surface area contributed by atoms with E-state index in [1.807, 2.05) is 38.1 Å². The number of carbonyl (C=O) groups excluding carboxylic acids is 1. The summed E-state index contributed by atoms with van der Waals surface area (Å²) in [6, 6.07) is 7.94. The molecule has 0 radical (unpaired) electrons. The van der Waals surface area contributed by atoms with Crippen LogP contribution in [0.1, 0.15) is 49.9 Å². The number of fused-ring (bicyclic) bond motifs is 1. The Morgan fingerprint density at radius 3 is 2.75 bits per heavy atom. The van der Waals surface area contributed by atoms with Gasteiger partial charge in [0.2, 0.25) is 11.8 Å². The van der Waals surface area contributed by atoms with Crippen LogP contribution in [-0.4, -0.2) is 53.0 Å². The molecule has 0 bridgehead atoms. The molecule has 5 rings (SSSR count). The van der Waals surface area contributed by atoms with E-state index >= 15 is 0 Å². The van der Waals surface area contributed by atoms with Gasteiger partial charge in [0.05, 0.1) is 18.4 Å². The van der Waals surface area contributed by atoms with E-state index in [0.717, 1.165) is 42.9 Å². The lowest BCUT2D eigenvalue weighted by atomic mass is 9.92. The predicted molar refractivity (Wildman–Crippen MR) is 118 cm³/mol. The minimum Gasteiger partial charge on any atom is -0.491 e. The monoisotopic (exact) mass is 438 g/mol. The number of aromatic nitrogens is 2. The molecule has 3 N–H and O–H groups in total. The van der Waals surface area contributed by atoms with Crippen LogP contribution in [0.25, 0.3) is 0 Å². The van der Waals surface area contributed by atoms with E-state index < -0.39 is 0 Å². The van der Waals surface area contributed by atoms with Gasteiger partial charge < -0.3 is 19.9 Å². The Morgan fingerprint density at radius 2 is 2.00 bits per heavy atom. The van der Waals surface area contributed by atoms with Crippen LogP contribution < -0.4 is 20.8 Å². The average Bonchev–Trinajstić information content (AvgIpc) is 3.41. The fourth-order valence-corrected chi connectivity index (χ4v) is 4.68. The van der Waals surface area contributed by atoms with Crippen LogP contribution in [0.4, 0.5) is 0 Å². The van der Waals surface area contributed by atoms with Gasteiger partial charge in [0.15, 0.2) is 5.82 Å². The van der Waals surface area contributed by atoms with Crippen molar-refractivity contribution in [2.75, 3.05) is 19.6 Å². The Morgan fingerprint density at radius 1 is 1.22 bits per heavy atom. The fourth-order valence-electron chi connectivity index (χ4n) is 4.68. The van der Waals surface area contributed by atoms with Gasteiger partial charge in [0, 0.05) is 24.2 Å². The second-order valence-corrected chi connectivity index (χ2v) is 8.92. The highest BCUT2D eigenvalue weighted by Crippen LogP contribution is 2.34. The summed E-state index contributed by atoms with van der Waals surface area (Å²) in [7, 11) is 0. The maximum atomic E-state index is 12.4. The molecule has 32 heavy (non-hydrogen) atoms. The zero-order valence-electron chi connectivity index (χ0n) is 18.5. The summed E-state index contributed by atoms with van der Waals surface area (Å²) in [5, 5.41) is 12.8. The van der Waals surface area contributed by atoms with E-state index in [2.05, 4.69) is 31.2 Å². The molecule has 1 amide bonds. The topological polar surface area (TPSA) is 105 Å². The lowest BCUT2D eigenvalue weighted by Crippen LogP contribution is -2.54. The quantitative estimate of drug-likeness (QED) is 0.626. The maximum absolute atomic E-state index is 12.4. The molecule has 0 spiro atoms. The normalized spacial score (nSPS) is 23.8. The van der Waals surface area contributed by atoms with Crippen LogP contribution in [0, 0.1) is 5.92 Å². The highest BCUT2D eigenvalue weighted by atomic mass is 16.5. The van der Waals surface area contributed by atoms with Crippen molar-refractivity contribution >= 4 is 5.91 Å². The minimum atomic E-state index is -0.213. The van der Waals surface area contributed by atoms with Crippen LogP contribution in [0.15, 0.2) is 40.6 Å². The van der Waals surface area contributed by atoms with Gasteiger partial charge in [0.1, 0.15) is 11.9 Å². The second kappa shape index (κ2) is 8.91. The first-order valence-electron chi connectivity index (χ1n) is 11.4. The number of nitrogens with one attached hydrogen (secondary N) is 3. The van der Waals surface area contributed by atoms with Crippen molar-refractivity contribution in [2.45, 2.75) is 51.3 Å². The molecule has 3 aliphatic heterocycles. The molecule has 2 unspecified atom stereocenters. The minimum absolute atomic E-state index is 0.0547. The lowest BCUT2D eigenvalue weighted by molar-refractivity contribution is -0.119. The summed E-state index contributed by atoms with van der Waals surface area (Å²) in [6.07, 6.45) is 4.27. The molecule has 0 saturated carbocycles. The van der Waals surface area contributed by atoms with E-state index in [-0.39, 0.29) is 24.1 Å². The smallest absolute Gasteiger partial charge is 0.247 e. The van der Waals surface area contributed by atoms with Gasteiger partial charge in [0.25, 0.3) is 0 Å². The molecule has 0 aliphatic carbocycles. The van der Waals surface area contributed by atoms with Gasteiger partial charge in [-0.25, -0.2) is 5.43 Å². The molecule has 2 aromatic rings. The van der Waals surface area contributed by atoms with E-state index in [1.54, 1.807) is 6.08 Å². The Labute approximate surface area is 187 Å². The Bertz CT molecular complexity index is 980. The Hall–Kier alpha value is -2.91. The largest absolute Gasteiger partial charge is 0.491 e. The zero-order valence-corrected chi connectivity index (χ0v) is 18.5. The number of rotatable bonds is 6. The van der Waals surface area contributed by atoms with Crippen LogP contribution in [0.5, 0.6) is 5.75 Å². The number of hydrogen-bond acceptors (Lipinski definition) is 8. The molecule has 9 heteroatoms. The molecule has 1 aromatic heterocycles. The fraction of sp³-hybridized carbons (Fsp3) is 0.522. The summed E-state index contributed by atoms with van der Waals surface area (Å²) in [6.45, 7) is 6.61. The average molecular weight is 439 g/mol. The molecule has 170 valence electrons. The predicted octanol–water partition coefficient (Wildman–Crippen LogP) is 1.69. The van der Waals surface area contributed by atoms with Gasteiger partial charge in [-0.2, -0.15) is 4.98 Å². The summed E-state index contributed by atoms with van der Waals surface area (Å²) in [5.74, 6) is 2.26. The van der Waals surface area contributed by atoms with Crippen molar-refractivity contribution in [3.63, 3.8) is 0 Å². The van der Waals surface area contributed by atoms with E-state index in [1.165, 1.54) is 0 Å². The first kappa shape index (κ1) is 21.0. The summed E-state index contributed by atoms with van der Waals surface area (Å²) in [4.78, 5) is 17.1. The van der Waals surface area contributed by atoms with Gasteiger partial charge in [-0.3, -0.25) is 9.80 Å². The second-order valence-electron chi connectivity index (χ2n) is 8.92. The van der Waals surface area contributed by atoms with Crippen LogP contribution in [-0.2, 0) is 11.2 Å². The van der Waals surface area contributed by atoms with Crippen LogP contribution in [0.3, 0.4) is 0 Å². The van der Waals surface area contributed by atoms with E-state index in [4.69, 9.17) is 9.26 Å². The van der Waals surface area contributed by atoms with E-state index in [0.29, 0.717) is 30.6 Å².